The van der Waals surface area contributed by atoms with Crippen LogP contribution in [0.3, 0.4) is 0 Å². The summed E-state index contributed by atoms with van der Waals surface area (Å²) in [7, 11) is 0. The van der Waals surface area contributed by atoms with Gasteiger partial charge in [0.15, 0.2) is 10.8 Å². The van der Waals surface area contributed by atoms with Crippen LogP contribution in [0.15, 0.2) is 42.5 Å². The van der Waals surface area contributed by atoms with Gasteiger partial charge in [0.05, 0.1) is 16.6 Å². The van der Waals surface area contributed by atoms with Crippen molar-refractivity contribution in [2.45, 2.75) is 31.3 Å². The number of alkyl halides is 3. The molecule has 3 nitrogen and oxygen atoms in total. The first-order valence-corrected chi connectivity index (χ1v) is 8.73. The van der Waals surface area contributed by atoms with Crippen LogP contribution in [-0.2, 0) is 6.18 Å². The minimum atomic E-state index is -4.44. The van der Waals surface area contributed by atoms with E-state index >= 15 is 0 Å². The number of nitrogens with one attached hydrogen (secondary N) is 1. The summed E-state index contributed by atoms with van der Waals surface area (Å²) in [5.41, 5.74) is -0.484. The zero-order valence-corrected chi connectivity index (χ0v) is 15.2. The Hall–Kier alpha value is -1.99. The molecular weight excluding hydrogens is 385 g/mol. The summed E-state index contributed by atoms with van der Waals surface area (Å²) in [6, 6.07) is 10.4. The average Bonchev–Trinajstić information content (AvgIpc) is 2.55. The van der Waals surface area contributed by atoms with E-state index in [-0.39, 0.29) is 6.04 Å². The van der Waals surface area contributed by atoms with Crippen LogP contribution in [0.2, 0.25) is 5.02 Å². The number of fused-ring (bicyclic) bond motifs is 4. The summed E-state index contributed by atoms with van der Waals surface area (Å²) < 4.78 is 45.5. The number of thiocarbonyl (C=S) groups is 1. The standard InChI is InChI=1S/C18H14ClF3N2OS/c1-17-9-14(12-6-3-7-13(19)15(12)25-17)23-16(26)24(17)11-5-2-4-10(8-11)18(20,21)22/h2-8,14H,9H2,1H3,(H,23,26)/t14-,17-/m1/s1. The van der Waals surface area contributed by atoms with E-state index in [0.29, 0.717) is 28.0 Å². The molecule has 2 heterocycles. The van der Waals surface area contributed by atoms with Crippen LogP contribution < -0.4 is 15.0 Å². The predicted molar refractivity (Wildman–Crippen MR) is 97.5 cm³/mol. The number of nitrogens with zero attached hydrogens (tertiary/aromatic N) is 1. The van der Waals surface area contributed by atoms with Crippen LogP contribution in [-0.4, -0.2) is 10.8 Å². The lowest BCUT2D eigenvalue weighted by molar-refractivity contribution is -0.137. The van der Waals surface area contributed by atoms with Crippen LogP contribution in [0.25, 0.3) is 0 Å². The monoisotopic (exact) mass is 398 g/mol. The first-order chi connectivity index (χ1) is 12.2. The van der Waals surface area contributed by atoms with Gasteiger partial charge in [-0.25, -0.2) is 0 Å². The molecule has 0 amide bonds. The molecule has 4 rings (SSSR count). The Kier molecular flexibility index (Phi) is 3.86. The molecule has 2 aliphatic rings. The summed E-state index contributed by atoms with van der Waals surface area (Å²) in [5, 5.41) is 3.97. The number of halogens is 4. The van der Waals surface area contributed by atoms with Gasteiger partial charge in [0.1, 0.15) is 5.75 Å². The Morgan fingerprint density at radius 1 is 1.27 bits per heavy atom. The molecular formula is C18H14ClF3N2OS. The Morgan fingerprint density at radius 3 is 2.73 bits per heavy atom. The first-order valence-electron chi connectivity index (χ1n) is 7.94. The SMILES string of the molecule is C[C@@]12C[C@@H](NC(=S)N1c1cccc(C(F)(F)F)c1)c1cccc(Cl)c1O2. The number of hydrogen-bond donors (Lipinski definition) is 1. The minimum absolute atomic E-state index is 0.114. The van der Waals surface area contributed by atoms with E-state index in [2.05, 4.69) is 5.32 Å². The van der Waals surface area contributed by atoms with Gasteiger partial charge in [-0.3, -0.25) is 4.90 Å². The smallest absolute Gasteiger partial charge is 0.416 e. The van der Waals surface area contributed by atoms with Crippen molar-refractivity contribution in [3.8, 4) is 5.75 Å². The molecule has 26 heavy (non-hydrogen) atoms. The van der Waals surface area contributed by atoms with E-state index in [0.717, 1.165) is 17.7 Å². The summed E-state index contributed by atoms with van der Waals surface area (Å²) in [6.45, 7) is 1.81. The Bertz CT molecular complexity index is 904. The first kappa shape index (κ1) is 17.4. The van der Waals surface area contributed by atoms with Crippen molar-refractivity contribution in [1.29, 1.82) is 0 Å². The van der Waals surface area contributed by atoms with Crippen molar-refractivity contribution < 1.29 is 17.9 Å². The summed E-state index contributed by atoms with van der Waals surface area (Å²) in [5.74, 6) is 0.528. The number of para-hydroxylation sites is 1. The lowest BCUT2D eigenvalue weighted by atomic mass is 9.90. The number of rotatable bonds is 1. The van der Waals surface area contributed by atoms with Crippen molar-refractivity contribution >= 4 is 34.6 Å². The molecule has 2 atom stereocenters. The largest absolute Gasteiger partial charge is 0.466 e. The maximum absolute atomic E-state index is 13.1. The molecule has 0 aromatic heterocycles. The number of anilines is 1. The number of ether oxygens (including phenoxy) is 1. The zero-order chi connectivity index (χ0) is 18.7. The molecule has 1 N–H and O–H groups in total. The van der Waals surface area contributed by atoms with Gasteiger partial charge in [0.2, 0.25) is 0 Å². The Balaban J connectivity index is 1.80. The molecule has 8 heteroatoms. The van der Waals surface area contributed by atoms with E-state index in [4.69, 9.17) is 28.6 Å². The van der Waals surface area contributed by atoms with Crippen molar-refractivity contribution in [2.75, 3.05) is 4.90 Å². The lowest BCUT2D eigenvalue weighted by Gasteiger charge is -2.52. The van der Waals surface area contributed by atoms with Crippen LogP contribution in [0.4, 0.5) is 18.9 Å². The predicted octanol–water partition coefficient (Wildman–Crippen LogP) is 5.29. The second-order valence-corrected chi connectivity index (χ2v) is 7.32. The fraction of sp³-hybridized carbons (Fsp3) is 0.278. The molecule has 0 saturated carbocycles. The Morgan fingerprint density at radius 2 is 2.00 bits per heavy atom. The Labute approximate surface area is 158 Å². The fourth-order valence-corrected chi connectivity index (χ4v) is 4.22. The number of benzene rings is 2. The van der Waals surface area contributed by atoms with Gasteiger partial charge in [0.25, 0.3) is 0 Å². The second-order valence-electron chi connectivity index (χ2n) is 6.52. The maximum Gasteiger partial charge on any atom is 0.416 e. The van der Waals surface area contributed by atoms with Crippen molar-refractivity contribution in [2.24, 2.45) is 0 Å². The van der Waals surface area contributed by atoms with E-state index < -0.39 is 17.5 Å². The van der Waals surface area contributed by atoms with Crippen LogP contribution in [0.5, 0.6) is 5.75 Å². The highest BCUT2D eigenvalue weighted by Crippen LogP contribution is 2.48. The van der Waals surface area contributed by atoms with Gasteiger partial charge in [-0.1, -0.05) is 29.8 Å². The van der Waals surface area contributed by atoms with Crippen LogP contribution in [0.1, 0.15) is 30.5 Å². The van der Waals surface area contributed by atoms with Crippen molar-refractivity contribution in [1.82, 2.24) is 5.32 Å². The highest BCUT2D eigenvalue weighted by molar-refractivity contribution is 7.80. The molecule has 1 fully saturated rings. The molecule has 136 valence electrons. The molecule has 0 radical (unpaired) electrons. The molecule has 0 aliphatic carbocycles. The molecule has 1 saturated heterocycles. The quantitative estimate of drug-likeness (QED) is 0.659. The van der Waals surface area contributed by atoms with Gasteiger partial charge in [-0.15, -0.1) is 0 Å². The van der Waals surface area contributed by atoms with E-state index in [1.807, 2.05) is 12.1 Å². The van der Waals surface area contributed by atoms with Crippen molar-refractivity contribution in [3.05, 3.63) is 58.6 Å². The van der Waals surface area contributed by atoms with Gasteiger partial charge in [-0.2, -0.15) is 13.2 Å². The summed E-state index contributed by atoms with van der Waals surface area (Å²) >= 11 is 11.7. The third-order valence-electron chi connectivity index (χ3n) is 4.68. The fourth-order valence-electron chi connectivity index (χ4n) is 3.56. The molecule has 0 spiro atoms. The van der Waals surface area contributed by atoms with Gasteiger partial charge in [-0.05, 0) is 43.4 Å². The maximum atomic E-state index is 13.1. The average molecular weight is 399 g/mol. The van der Waals surface area contributed by atoms with E-state index in [1.54, 1.807) is 24.0 Å². The normalized spacial score (nSPS) is 24.6. The second kappa shape index (κ2) is 5.76. The molecule has 2 aromatic rings. The third-order valence-corrected chi connectivity index (χ3v) is 5.28. The van der Waals surface area contributed by atoms with Crippen LogP contribution >= 0.6 is 23.8 Å². The van der Waals surface area contributed by atoms with E-state index in [9.17, 15) is 13.2 Å². The molecule has 0 unspecified atom stereocenters. The minimum Gasteiger partial charge on any atom is -0.466 e. The highest BCUT2D eigenvalue weighted by Gasteiger charge is 2.49. The number of hydrogen-bond acceptors (Lipinski definition) is 2. The van der Waals surface area contributed by atoms with E-state index in [1.165, 1.54) is 6.07 Å². The van der Waals surface area contributed by atoms with Crippen molar-refractivity contribution in [3.63, 3.8) is 0 Å². The van der Waals surface area contributed by atoms with Crippen LogP contribution in [0, 0.1) is 0 Å². The van der Waals surface area contributed by atoms with Gasteiger partial charge in [0, 0.05) is 17.7 Å². The molecule has 2 aliphatic heterocycles. The molecule has 2 aromatic carbocycles. The highest BCUT2D eigenvalue weighted by atomic mass is 35.5. The summed E-state index contributed by atoms with van der Waals surface area (Å²) in [4.78, 5) is 1.58. The topological polar surface area (TPSA) is 24.5 Å². The van der Waals surface area contributed by atoms with Gasteiger partial charge >= 0.3 is 6.18 Å². The zero-order valence-electron chi connectivity index (χ0n) is 13.6. The lowest BCUT2D eigenvalue weighted by Crippen LogP contribution is -2.65. The van der Waals surface area contributed by atoms with Gasteiger partial charge < -0.3 is 10.1 Å². The molecule has 2 bridgehead atoms. The third kappa shape index (κ3) is 2.70. The summed E-state index contributed by atoms with van der Waals surface area (Å²) in [6.07, 6.45) is -3.93.